The molecule has 0 saturated heterocycles. The Morgan fingerprint density at radius 1 is 1.07 bits per heavy atom. The molecule has 0 aliphatic heterocycles. The lowest BCUT2D eigenvalue weighted by molar-refractivity contribution is -0.697. The van der Waals surface area contributed by atoms with Crippen LogP contribution in [0.4, 0.5) is 0 Å². The first-order chi connectivity index (χ1) is 7.43. The highest BCUT2D eigenvalue weighted by Crippen LogP contribution is 1.80. The molecule has 0 bridgehead atoms. The maximum Gasteiger partial charge on any atom is 0.241 e. The lowest BCUT2D eigenvalue weighted by atomic mass is 10.6. The van der Waals surface area contributed by atoms with E-state index in [9.17, 15) is 0 Å². The highest BCUT2D eigenvalue weighted by Gasteiger charge is 1.96. The number of imidazole rings is 1. The smallest absolute Gasteiger partial charge is 0.241 e. The first-order valence-corrected chi connectivity index (χ1v) is 5.09. The summed E-state index contributed by atoms with van der Waals surface area (Å²) in [7, 11) is 1.66. The van der Waals surface area contributed by atoms with Crippen LogP contribution in [0.25, 0.3) is 0 Å². The third-order valence-corrected chi connectivity index (χ3v) is 1.90. The van der Waals surface area contributed by atoms with Crippen molar-refractivity contribution in [1.82, 2.24) is 4.98 Å². The molecule has 5 heteroatoms. The Balaban J connectivity index is 1.81. The molecule has 0 aliphatic rings. The van der Waals surface area contributed by atoms with Crippen molar-refractivity contribution in [3.63, 3.8) is 0 Å². The van der Waals surface area contributed by atoms with Gasteiger partial charge >= 0.3 is 0 Å². The number of aromatic nitrogens is 2. The van der Waals surface area contributed by atoms with Crippen LogP contribution in [0.5, 0.6) is 0 Å². The van der Waals surface area contributed by atoms with Crippen molar-refractivity contribution in [2.75, 3.05) is 40.1 Å². The van der Waals surface area contributed by atoms with Gasteiger partial charge in [0.1, 0.15) is 18.9 Å². The summed E-state index contributed by atoms with van der Waals surface area (Å²) < 4.78 is 17.5. The summed E-state index contributed by atoms with van der Waals surface area (Å²) in [6, 6.07) is 0. The summed E-state index contributed by atoms with van der Waals surface area (Å²) in [6.07, 6.45) is 5.75. The lowest BCUT2D eigenvalue weighted by Gasteiger charge is -2.04. The molecule has 1 heterocycles. The average Bonchev–Trinajstić information content (AvgIpc) is 2.75. The largest absolute Gasteiger partial charge is 0.382 e. The Hall–Kier alpha value is -0.910. The van der Waals surface area contributed by atoms with Gasteiger partial charge in [-0.2, -0.15) is 0 Å². The van der Waals surface area contributed by atoms with Gasteiger partial charge in [0, 0.05) is 7.11 Å². The van der Waals surface area contributed by atoms with E-state index in [0.717, 1.165) is 6.54 Å². The van der Waals surface area contributed by atoms with Gasteiger partial charge in [0.25, 0.3) is 0 Å². The summed E-state index contributed by atoms with van der Waals surface area (Å²) in [4.78, 5) is 2.97. The molecule has 0 amide bonds. The topological polar surface area (TPSA) is 47.4 Å². The normalized spacial score (nSPS) is 10.7. The second kappa shape index (κ2) is 8.40. The molecular weight excluding hydrogens is 196 g/mol. The summed E-state index contributed by atoms with van der Waals surface area (Å²) in [5.41, 5.74) is 0. The van der Waals surface area contributed by atoms with Gasteiger partial charge < -0.3 is 14.2 Å². The number of nitrogens with zero attached hydrogens (tertiary/aromatic N) is 1. The number of aromatic amines is 1. The van der Waals surface area contributed by atoms with Gasteiger partial charge in [-0.15, -0.1) is 0 Å². The molecule has 0 atom stereocenters. The van der Waals surface area contributed by atoms with Crippen LogP contribution in [0.1, 0.15) is 0 Å². The molecule has 5 nitrogen and oxygen atoms in total. The summed E-state index contributed by atoms with van der Waals surface area (Å²) in [6.45, 7) is 4.10. The van der Waals surface area contributed by atoms with Crippen molar-refractivity contribution in [3.8, 4) is 0 Å². The van der Waals surface area contributed by atoms with E-state index in [4.69, 9.17) is 14.2 Å². The zero-order valence-corrected chi connectivity index (χ0v) is 9.15. The first-order valence-electron chi connectivity index (χ1n) is 5.09. The quantitative estimate of drug-likeness (QED) is 0.465. The number of nitrogens with one attached hydrogen (secondary N) is 1. The van der Waals surface area contributed by atoms with E-state index in [2.05, 4.69) is 4.98 Å². The van der Waals surface area contributed by atoms with E-state index in [1.54, 1.807) is 7.11 Å². The molecule has 0 saturated carbocycles. The number of methoxy groups -OCH3 is 1. The van der Waals surface area contributed by atoms with Gasteiger partial charge in [0.05, 0.1) is 33.0 Å². The zero-order chi connectivity index (χ0) is 10.8. The van der Waals surface area contributed by atoms with Crippen LogP contribution in [-0.4, -0.2) is 45.1 Å². The first kappa shape index (κ1) is 12.2. The maximum absolute atomic E-state index is 5.39. The SMILES string of the molecule is COCCOCCOCC[n+]1cc[nH]c1. The van der Waals surface area contributed by atoms with E-state index >= 15 is 0 Å². The van der Waals surface area contributed by atoms with Gasteiger partial charge in [-0.1, -0.05) is 0 Å². The molecule has 1 rings (SSSR count). The van der Waals surface area contributed by atoms with Gasteiger partial charge in [0.2, 0.25) is 6.33 Å². The second-order valence-corrected chi connectivity index (χ2v) is 3.07. The molecule has 1 aromatic heterocycles. The summed E-state index contributed by atoms with van der Waals surface area (Å²) in [5.74, 6) is 0. The molecule has 0 spiro atoms. The molecule has 86 valence electrons. The second-order valence-electron chi connectivity index (χ2n) is 3.07. The monoisotopic (exact) mass is 215 g/mol. The lowest BCUT2D eigenvalue weighted by Crippen LogP contribution is -2.33. The Bertz CT molecular complexity index is 227. The van der Waals surface area contributed by atoms with Crippen molar-refractivity contribution >= 4 is 0 Å². The van der Waals surface area contributed by atoms with Crippen LogP contribution in [0.3, 0.4) is 0 Å². The van der Waals surface area contributed by atoms with E-state index < -0.39 is 0 Å². The molecule has 15 heavy (non-hydrogen) atoms. The van der Waals surface area contributed by atoms with Crippen molar-refractivity contribution in [3.05, 3.63) is 18.7 Å². The van der Waals surface area contributed by atoms with Crippen LogP contribution in [-0.2, 0) is 20.8 Å². The predicted molar refractivity (Wildman–Crippen MR) is 54.5 cm³/mol. The Morgan fingerprint density at radius 2 is 1.80 bits per heavy atom. The summed E-state index contributed by atoms with van der Waals surface area (Å²) >= 11 is 0. The van der Waals surface area contributed by atoms with Gasteiger partial charge in [-0.3, -0.25) is 4.98 Å². The number of rotatable bonds is 9. The Labute approximate surface area is 90.0 Å². The third kappa shape index (κ3) is 6.22. The van der Waals surface area contributed by atoms with Crippen molar-refractivity contribution in [2.45, 2.75) is 6.54 Å². The summed E-state index contributed by atoms with van der Waals surface area (Å²) in [5, 5.41) is 0. The van der Waals surface area contributed by atoms with E-state index in [1.807, 2.05) is 23.3 Å². The Morgan fingerprint density at radius 3 is 2.47 bits per heavy atom. The minimum Gasteiger partial charge on any atom is -0.382 e. The van der Waals surface area contributed by atoms with Gasteiger partial charge in [-0.25, -0.2) is 4.57 Å². The highest BCUT2D eigenvalue weighted by atomic mass is 16.5. The third-order valence-electron chi connectivity index (χ3n) is 1.90. The number of ether oxygens (including phenoxy) is 3. The van der Waals surface area contributed by atoms with Gasteiger partial charge in [0.15, 0.2) is 0 Å². The van der Waals surface area contributed by atoms with Crippen molar-refractivity contribution < 1.29 is 18.8 Å². The minimum absolute atomic E-state index is 0.626. The fourth-order valence-electron chi connectivity index (χ4n) is 1.09. The Kier molecular flexibility index (Phi) is 6.81. The highest BCUT2D eigenvalue weighted by molar-refractivity contribution is 4.55. The van der Waals surface area contributed by atoms with E-state index in [-0.39, 0.29) is 0 Å². The number of hydrogen-bond acceptors (Lipinski definition) is 3. The van der Waals surface area contributed by atoms with Crippen LogP contribution < -0.4 is 4.57 Å². The maximum atomic E-state index is 5.39. The molecular formula is C10H19N2O3+. The molecule has 1 aromatic rings. The van der Waals surface area contributed by atoms with E-state index in [0.29, 0.717) is 33.0 Å². The van der Waals surface area contributed by atoms with E-state index in [1.165, 1.54) is 0 Å². The average molecular weight is 215 g/mol. The van der Waals surface area contributed by atoms with Crippen LogP contribution in [0, 0.1) is 0 Å². The zero-order valence-electron chi connectivity index (χ0n) is 9.15. The molecule has 0 aromatic carbocycles. The van der Waals surface area contributed by atoms with Crippen molar-refractivity contribution in [1.29, 1.82) is 0 Å². The van der Waals surface area contributed by atoms with Crippen molar-refractivity contribution in [2.24, 2.45) is 0 Å². The van der Waals surface area contributed by atoms with Crippen LogP contribution in [0.15, 0.2) is 18.7 Å². The molecule has 0 fully saturated rings. The fraction of sp³-hybridized carbons (Fsp3) is 0.700. The van der Waals surface area contributed by atoms with Gasteiger partial charge in [-0.05, 0) is 0 Å². The molecule has 0 aliphatic carbocycles. The van der Waals surface area contributed by atoms with Crippen LogP contribution in [0.2, 0.25) is 0 Å². The standard InChI is InChI=1S/C10H18N2O3/c1-13-6-7-15-9-8-14-5-4-12-3-2-11-10-12/h2-3,10H,4-9H2,1H3/p+1. The fourth-order valence-corrected chi connectivity index (χ4v) is 1.09. The minimum atomic E-state index is 0.626. The van der Waals surface area contributed by atoms with Crippen LogP contribution >= 0.6 is 0 Å². The molecule has 0 radical (unpaired) electrons. The number of H-pyrrole nitrogens is 1. The predicted octanol–water partition coefficient (Wildman–Crippen LogP) is -0.0182. The molecule has 0 unspecified atom stereocenters. The molecule has 1 N–H and O–H groups in total. The number of hydrogen-bond donors (Lipinski definition) is 1.